The maximum absolute atomic E-state index is 12.8. The molecule has 0 aromatic heterocycles. The topological polar surface area (TPSA) is 29.1 Å². The number of hydrogen-bond acceptors (Lipinski definition) is 1. The SMILES string of the molecule is O=C(NC1CCC1)c1cc(F)c(F)c(F)c1. The van der Waals surface area contributed by atoms with Crippen molar-refractivity contribution >= 4 is 5.91 Å². The van der Waals surface area contributed by atoms with Gasteiger partial charge in [0.2, 0.25) is 0 Å². The summed E-state index contributed by atoms with van der Waals surface area (Å²) in [6, 6.07) is 1.47. The van der Waals surface area contributed by atoms with Crippen molar-refractivity contribution in [2.45, 2.75) is 25.3 Å². The molecule has 0 spiro atoms. The lowest BCUT2D eigenvalue weighted by Crippen LogP contribution is -2.39. The Kier molecular flexibility index (Phi) is 2.85. The van der Waals surface area contributed by atoms with Gasteiger partial charge in [0.1, 0.15) is 0 Å². The van der Waals surface area contributed by atoms with E-state index < -0.39 is 23.4 Å². The summed E-state index contributed by atoms with van der Waals surface area (Å²) in [6.07, 6.45) is 2.78. The van der Waals surface area contributed by atoms with Gasteiger partial charge in [-0.2, -0.15) is 0 Å². The fraction of sp³-hybridized carbons (Fsp3) is 0.364. The van der Waals surface area contributed by atoms with E-state index in [2.05, 4.69) is 5.32 Å². The van der Waals surface area contributed by atoms with E-state index in [0.29, 0.717) is 12.1 Å². The first-order chi connectivity index (χ1) is 7.58. The zero-order valence-electron chi connectivity index (χ0n) is 8.40. The van der Waals surface area contributed by atoms with E-state index in [0.717, 1.165) is 19.3 Å². The maximum Gasteiger partial charge on any atom is 0.251 e. The molecule has 16 heavy (non-hydrogen) atoms. The molecule has 1 N–H and O–H groups in total. The van der Waals surface area contributed by atoms with E-state index in [1.807, 2.05) is 0 Å². The molecule has 86 valence electrons. The van der Waals surface area contributed by atoms with Crippen molar-refractivity contribution in [1.29, 1.82) is 0 Å². The van der Waals surface area contributed by atoms with Crippen LogP contribution in [0.3, 0.4) is 0 Å². The average Bonchev–Trinajstić information content (AvgIpc) is 2.19. The van der Waals surface area contributed by atoms with Crippen LogP contribution in [0, 0.1) is 17.5 Å². The Morgan fingerprint density at radius 3 is 2.19 bits per heavy atom. The van der Waals surface area contributed by atoms with E-state index in [-0.39, 0.29) is 11.6 Å². The van der Waals surface area contributed by atoms with Crippen LogP contribution in [0.25, 0.3) is 0 Å². The summed E-state index contributed by atoms with van der Waals surface area (Å²) in [5, 5.41) is 2.61. The van der Waals surface area contributed by atoms with E-state index in [9.17, 15) is 18.0 Å². The van der Waals surface area contributed by atoms with E-state index in [1.165, 1.54) is 0 Å². The zero-order chi connectivity index (χ0) is 11.7. The lowest BCUT2D eigenvalue weighted by atomic mass is 9.93. The van der Waals surface area contributed by atoms with Gasteiger partial charge in [-0.05, 0) is 31.4 Å². The molecule has 1 aliphatic carbocycles. The maximum atomic E-state index is 12.8. The Balaban J connectivity index is 2.16. The number of halogens is 3. The van der Waals surface area contributed by atoms with Crippen LogP contribution < -0.4 is 5.32 Å². The third-order valence-electron chi connectivity index (χ3n) is 2.69. The zero-order valence-corrected chi connectivity index (χ0v) is 8.40. The first-order valence-electron chi connectivity index (χ1n) is 5.03. The molecule has 1 amide bonds. The normalized spacial score (nSPS) is 15.7. The summed E-state index contributed by atoms with van der Waals surface area (Å²) in [6.45, 7) is 0. The molecule has 1 aromatic carbocycles. The molecule has 1 saturated carbocycles. The minimum Gasteiger partial charge on any atom is -0.349 e. The second-order valence-electron chi connectivity index (χ2n) is 3.86. The third-order valence-corrected chi connectivity index (χ3v) is 2.69. The Labute approximate surface area is 90.5 Å². The number of rotatable bonds is 2. The molecule has 0 bridgehead atoms. The van der Waals surface area contributed by atoms with E-state index in [4.69, 9.17) is 0 Å². The molecule has 0 unspecified atom stereocenters. The molecule has 0 aliphatic heterocycles. The highest BCUT2D eigenvalue weighted by atomic mass is 19.2. The summed E-state index contributed by atoms with van der Waals surface area (Å²) in [5.41, 5.74) is -0.191. The number of benzene rings is 1. The molecule has 1 aliphatic rings. The molecule has 0 atom stereocenters. The van der Waals surface area contributed by atoms with Crippen molar-refractivity contribution in [3.8, 4) is 0 Å². The minimum atomic E-state index is -1.56. The van der Waals surface area contributed by atoms with Crippen LogP contribution in [-0.2, 0) is 0 Å². The third kappa shape index (κ3) is 2.03. The Hall–Kier alpha value is -1.52. The van der Waals surface area contributed by atoms with Gasteiger partial charge in [0.15, 0.2) is 17.5 Å². The van der Waals surface area contributed by atoms with Crippen molar-refractivity contribution in [3.63, 3.8) is 0 Å². The minimum absolute atomic E-state index is 0.0728. The molecule has 5 heteroatoms. The summed E-state index contributed by atoms with van der Waals surface area (Å²) >= 11 is 0. The highest BCUT2D eigenvalue weighted by Gasteiger charge is 2.21. The number of carbonyl (C=O) groups excluding carboxylic acids is 1. The highest BCUT2D eigenvalue weighted by molar-refractivity contribution is 5.94. The molecule has 0 saturated heterocycles. The van der Waals surface area contributed by atoms with Gasteiger partial charge >= 0.3 is 0 Å². The van der Waals surface area contributed by atoms with Gasteiger partial charge in [-0.25, -0.2) is 13.2 Å². The lowest BCUT2D eigenvalue weighted by molar-refractivity contribution is 0.0916. The van der Waals surface area contributed by atoms with Gasteiger partial charge in [0, 0.05) is 11.6 Å². The molecule has 0 heterocycles. The van der Waals surface area contributed by atoms with Gasteiger partial charge in [-0.3, -0.25) is 4.79 Å². The fourth-order valence-electron chi connectivity index (χ4n) is 1.51. The number of carbonyl (C=O) groups is 1. The van der Waals surface area contributed by atoms with Crippen LogP contribution in [0.2, 0.25) is 0 Å². The second kappa shape index (κ2) is 4.15. The highest BCUT2D eigenvalue weighted by Crippen LogP contribution is 2.19. The van der Waals surface area contributed by atoms with Crippen LogP contribution in [0.1, 0.15) is 29.6 Å². The summed E-state index contributed by atoms with van der Waals surface area (Å²) in [4.78, 5) is 11.5. The predicted octanol–water partition coefficient (Wildman–Crippen LogP) is 2.39. The van der Waals surface area contributed by atoms with Crippen LogP contribution in [0.4, 0.5) is 13.2 Å². The Morgan fingerprint density at radius 1 is 1.19 bits per heavy atom. The van der Waals surface area contributed by atoms with Crippen molar-refractivity contribution in [2.75, 3.05) is 0 Å². The van der Waals surface area contributed by atoms with E-state index >= 15 is 0 Å². The van der Waals surface area contributed by atoms with Crippen LogP contribution in [0.5, 0.6) is 0 Å². The van der Waals surface area contributed by atoms with Crippen molar-refractivity contribution in [3.05, 3.63) is 35.1 Å². The number of hydrogen-bond donors (Lipinski definition) is 1. The molecular weight excluding hydrogens is 219 g/mol. The largest absolute Gasteiger partial charge is 0.349 e. The quantitative estimate of drug-likeness (QED) is 0.775. The van der Waals surface area contributed by atoms with Crippen LogP contribution in [0.15, 0.2) is 12.1 Å². The average molecular weight is 229 g/mol. The first kappa shape index (κ1) is 11.0. The van der Waals surface area contributed by atoms with Crippen molar-refractivity contribution in [2.24, 2.45) is 0 Å². The Morgan fingerprint density at radius 2 is 1.75 bits per heavy atom. The number of nitrogens with one attached hydrogen (secondary N) is 1. The molecular formula is C11H10F3NO. The summed E-state index contributed by atoms with van der Waals surface area (Å²) < 4.78 is 38.3. The molecule has 2 rings (SSSR count). The second-order valence-corrected chi connectivity index (χ2v) is 3.86. The van der Waals surface area contributed by atoms with E-state index in [1.54, 1.807) is 0 Å². The monoisotopic (exact) mass is 229 g/mol. The predicted molar refractivity (Wildman–Crippen MR) is 51.4 cm³/mol. The smallest absolute Gasteiger partial charge is 0.251 e. The van der Waals surface area contributed by atoms with Crippen molar-refractivity contribution in [1.82, 2.24) is 5.32 Å². The van der Waals surface area contributed by atoms with Crippen molar-refractivity contribution < 1.29 is 18.0 Å². The van der Waals surface area contributed by atoms with Gasteiger partial charge in [-0.15, -0.1) is 0 Å². The van der Waals surface area contributed by atoms with Crippen LogP contribution in [-0.4, -0.2) is 11.9 Å². The van der Waals surface area contributed by atoms with Gasteiger partial charge in [-0.1, -0.05) is 0 Å². The summed E-state index contributed by atoms with van der Waals surface area (Å²) in [7, 11) is 0. The lowest BCUT2D eigenvalue weighted by Gasteiger charge is -2.26. The molecule has 1 aromatic rings. The molecule has 0 radical (unpaired) electrons. The molecule has 1 fully saturated rings. The summed E-state index contributed by atoms with van der Waals surface area (Å²) in [5.74, 6) is -4.82. The molecule has 2 nitrogen and oxygen atoms in total. The van der Waals surface area contributed by atoms with Gasteiger partial charge in [0.05, 0.1) is 0 Å². The van der Waals surface area contributed by atoms with Crippen LogP contribution >= 0.6 is 0 Å². The number of amides is 1. The van der Waals surface area contributed by atoms with Gasteiger partial charge < -0.3 is 5.32 Å². The van der Waals surface area contributed by atoms with Gasteiger partial charge in [0.25, 0.3) is 5.91 Å². The fourth-order valence-corrected chi connectivity index (χ4v) is 1.51. The first-order valence-corrected chi connectivity index (χ1v) is 5.03. The Bertz CT molecular complexity index is 406. The standard InChI is InChI=1S/C11H10F3NO/c12-8-4-6(5-9(13)10(8)14)11(16)15-7-2-1-3-7/h4-5,7H,1-3H2,(H,15,16).